The van der Waals surface area contributed by atoms with Gasteiger partial charge in [0.25, 0.3) is 5.97 Å². The second-order valence-electron chi connectivity index (χ2n) is 7.33. The molecule has 0 aliphatic rings. The lowest BCUT2D eigenvalue weighted by molar-refractivity contribution is -0.355. The molecule has 0 radical (unpaired) electrons. The van der Waals surface area contributed by atoms with E-state index in [4.69, 9.17) is 14.2 Å². The van der Waals surface area contributed by atoms with Crippen LogP contribution in [0.5, 0.6) is 0 Å². The average molecular weight is 361 g/mol. The summed E-state index contributed by atoms with van der Waals surface area (Å²) in [4.78, 5) is 4.69. The van der Waals surface area contributed by atoms with Crippen molar-refractivity contribution in [3.05, 3.63) is 0 Å². The van der Waals surface area contributed by atoms with E-state index in [9.17, 15) is 0 Å². The van der Waals surface area contributed by atoms with Gasteiger partial charge in [0.2, 0.25) is 0 Å². The summed E-state index contributed by atoms with van der Waals surface area (Å²) in [7, 11) is 11.4. The summed E-state index contributed by atoms with van der Waals surface area (Å²) in [5.74, 6) is -0.848. The summed E-state index contributed by atoms with van der Waals surface area (Å²) >= 11 is 0. The molecule has 0 heterocycles. The van der Waals surface area contributed by atoms with Crippen molar-refractivity contribution in [2.45, 2.75) is 70.2 Å². The second kappa shape index (κ2) is 16.0. The number of methoxy groups -OCH3 is 3. The maximum absolute atomic E-state index is 5.31. The number of hydrogen-bond donors (Lipinski definition) is 0. The first-order valence-electron chi connectivity index (χ1n) is 9.98. The number of ether oxygens (including phenoxy) is 3. The Labute approximate surface area is 157 Å². The highest BCUT2D eigenvalue weighted by molar-refractivity contribution is 4.57. The summed E-state index contributed by atoms with van der Waals surface area (Å²) in [6, 6.07) is 0. The third-order valence-corrected chi connectivity index (χ3v) is 4.88. The maximum atomic E-state index is 5.31. The fourth-order valence-electron chi connectivity index (χ4n) is 3.00. The van der Waals surface area contributed by atoms with Gasteiger partial charge in [0.1, 0.15) is 0 Å². The molecule has 152 valence electrons. The van der Waals surface area contributed by atoms with Crippen molar-refractivity contribution in [1.29, 1.82) is 0 Å². The Bertz CT molecular complexity index is 276. The number of hydrogen-bond acceptors (Lipinski definition) is 5. The summed E-state index contributed by atoms with van der Waals surface area (Å²) in [5.41, 5.74) is 0. The van der Waals surface area contributed by atoms with Crippen LogP contribution in [0.25, 0.3) is 0 Å². The van der Waals surface area contributed by atoms with Gasteiger partial charge in [-0.25, -0.2) is 0 Å². The molecule has 0 N–H and O–H groups in total. The van der Waals surface area contributed by atoms with Gasteiger partial charge >= 0.3 is 0 Å². The molecule has 0 atom stereocenters. The number of rotatable bonds is 18. The first-order chi connectivity index (χ1) is 12.0. The lowest BCUT2D eigenvalue weighted by Gasteiger charge is -2.28. The predicted molar refractivity (Wildman–Crippen MR) is 106 cm³/mol. The van der Waals surface area contributed by atoms with Gasteiger partial charge in [0.15, 0.2) is 0 Å². The van der Waals surface area contributed by atoms with E-state index in [1.54, 1.807) is 21.3 Å². The van der Waals surface area contributed by atoms with Crippen LogP contribution in [0.4, 0.5) is 0 Å². The van der Waals surface area contributed by atoms with E-state index >= 15 is 0 Å². The summed E-state index contributed by atoms with van der Waals surface area (Å²) in [5, 5.41) is 0. The molecule has 0 aliphatic carbocycles. The summed E-state index contributed by atoms with van der Waals surface area (Å²) in [6.07, 6.45) is 12.5. The van der Waals surface area contributed by atoms with Crippen LogP contribution in [0.2, 0.25) is 0 Å². The van der Waals surface area contributed by atoms with Gasteiger partial charge in [-0.15, -0.1) is 0 Å². The monoisotopic (exact) mass is 360 g/mol. The Morgan fingerprint density at radius 3 is 1.44 bits per heavy atom. The SMILES string of the molecule is COC(CCCCCCCCCCCN(C)CCN(C)C)(OC)OC. The van der Waals surface area contributed by atoms with Crippen molar-refractivity contribution < 1.29 is 14.2 Å². The van der Waals surface area contributed by atoms with Crippen LogP contribution in [0.15, 0.2) is 0 Å². The molecular formula is C20H44N2O3. The van der Waals surface area contributed by atoms with Gasteiger partial charge in [-0.3, -0.25) is 0 Å². The van der Waals surface area contributed by atoms with Gasteiger partial charge < -0.3 is 24.0 Å². The molecule has 0 saturated heterocycles. The summed E-state index contributed by atoms with van der Waals surface area (Å²) in [6.45, 7) is 3.55. The van der Waals surface area contributed by atoms with Crippen molar-refractivity contribution in [2.24, 2.45) is 0 Å². The van der Waals surface area contributed by atoms with Gasteiger partial charge in [0, 0.05) is 40.8 Å². The zero-order valence-electron chi connectivity index (χ0n) is 17.8. The fraction of sp³-hybridized carbons (Fsp3) is 1.00. The van der Waals surface area contributed by atoms with E-state index in [0.29, 0.717) is 0 Å². The van der Waals surface area contributed by atoms with E-state index in [0.717, 1.165) is 19.4 Å². The Morgan fingerprint density at radius 2 is 1.00 bits per heavy atom. The lowest BCUT2D eigenvalue weighted by atomic mass is 10.1. The largest absolute Gasteiger partial charge is 0.331 e. The molecule has 0 saturated carbocycles. The van der Waals surface area contributed by atoms with Crippen molar-refractivity contribution in [1.82, 2.24) is 9.80 Å². The molecule has 5 nitrogen and oxygen atoms in total. The van der Waals surface area contributed by atoms with Crippen LogP contribution in [-0.2, 0) is 14.2 Å². The molecule has 0 unspecified atom stereocenters. The lowest BCUT2D eigenvalue weighted by Crippen LogP contribution is -2.35. The Hall–Kier alpha value is -0.200. The zero-order valence-corrected chi connectivity index (χ0v) is 17.8. The third kappa shape index (κ3) is 13.6. The highest BCUT2D eigenvalue weighted by Gasteiger charge is 2.28. The first-order valence-corrected chi connectivity index (χ1v) is 9.98. The predicted octanol–water partition coefficient (Wildman–Crippen LogP) is 3.97. The molecule has 0 aliphatic heterocycles. The van der Waals surface area contributed by atoms with Crippen molar-refractivity contribution >= 4 is 0 Å². The Balaban J connectivity index is 3.37. The zero-order chi connectivity index (χ0) is 19.0. The van der Waals surface area contributed by atoms with Crippen molar-refractivity contribution in [3.8, 4) is 0 Å². The van der Waals surface area contributed by atoms with Gasteiger partial charge in [-0.2, -0.15) is 0 Å². The van der Waals surface area contributed by atoms with Crippen molar-refractivity contribution in [2.75, 3.05) is 62.1 Å². The highest BCUT2D eigenvalue weighted by atomic mass is 16.9. The van der Waals surface area contributed by atoms with Gasteiger partial charge in [-0.1, -0.05) is 44.9 Å². The quantitative estimate of drug-likeness (QED) is 0.273. The van der Waals surface area contributed by atoms with Gasteiger partial charge in [0.05, 0.1) is 0 Å². The molecule has 0 aromatic rings. The third-order valence-electron chi connectivity index (χ3n) is 4.88. The van der Waals surface area contributed by atoms with Gasteiger partial charge in [-0.05, 0) is 40.5 Å². The van der Waals surface area contributed by atoms with Crippen LogP contribution in [-0.4, -0.2) is 77.9 Å². The Kier molecular flexibility index (Phi) is 15.9. The molecule has 0 amide bonds. The Morgan fingerprint density at radius 1 is 0.560 bits per heavy atom. The van der Waals surface area contributed by atoms with Crippen molar-refractivity contribution in [3.63, 3.8) is 0 Å². The minimum atomic E-state index is -0.848. The number of unbranched alkanes of at least 4 members (excludes halogenated alkanes) is 8. The minimum Gasteiger partial charge on any atom is -0.331 e. The fourth-order valence-corrected chi connectivity index (χ4v) is 3.00. The minimum absolute atomic E-state index is 0.790. The molecule has 0 bridgehead atoms. The van der Waals surface area contributed by atoms with Crippen LogP contribution >= 0.6 is 0 Å². The van der Waals surface area contributed by atoms with E-state index in [-0.39, 0.29) is 0 Å². The number of likely N-dealkylation sites (N-methyl/N-ethyl adjacent to an activating group) is 2. The molecule has 0 aromatic heterocycles. The standard InChI is InChI=1S/C20H44N2O3/c1-21(2)18-19-22(3)17-15-13-11-9-7-8-10-12-14-16-20(23-4,24-5)25-6/h7-19H2,1-6H3. The van der Waals surface area contributed by atoms with Crippen LogP contribution in [0.3, 0.4) is 0 Å². The maximum Gasteiger partial charge on any atom is 0.282 e. The smallest absolute Gasteiger partial charge is 0.282 e. The molecule has 0 rings (SSSR count). The van der Waals surface area contributed by atoms with Crippen LogP contribution < -0.4 is 0 Å². The summed E-state index contributed by atoms with van der Waals surface area (Å²) < 4.78 is 15.9. The average Bonchev–Trinajstić information content (AvgIpc) is 2.61. The molecule has 5 heteroatoms. The van der Waals surface area contributed by atoms with E-state index in [2.05, 4.69) is 30.9 Å². The second-order valence-corrected chi connectivity index (χ2v) is 7.33. The normalized spacial score (nSPS) is 12.5. The van der Waals surface area contributed by atoms with E-state index in [1.165, 1.54) is 64.5 Å². The van der Waals surface area contributed by atoms with Crippen LogP contribution in [0.1, 0.15) is 64.2 Å². The topological polar surface area (TPSA) is 34.2 Å². The molecular weight excluding hydrogens is 316 g/mol. The van der Waals surface area contributed by atoms with E-state index in [1.807, 2.05) is 0 Å². The van der Waals surface area contributed by atoms with Crippen LogP contribution in [0, 0.1) is 0 Å². The molecule has 0 aromatic carbocycles. The highest BCUT2D eigenvalue weighted by Crippen LogP contribution is 2.21. The van der Waals surface area contributed by atoms with E-state index < -0.39 is 5.97 Å². The molecule has 25 heavy (non-hydrogen) atoms. The number of nitrogens with zero attached hydrogens (tertiary/aromatic N) is 2. The first kappa shape index (κ1) is 24.8. The molecule has 0 spiro atoms. The molecule has 0 fully saturated rings.